The Bertz CT molecular complexity index is 349. The summed E-state index contributed by atoms with van der Waals surface area (Å²) in [5, 5.41) is 16.9. The summed E-state index contributed by atoms with van der Waals surface area (Å²) in [5.74, 6) is 0.577. The average Bonchev–Trinajstić information content (AvgIpc) is 2.78. The Balaban J connectivity index is 2.38. The predicted octanol–water partition coefficient (Wildman–Crippen LogP) is 2.53. The van der Waals surface area contributed by atoms with E-state index in [0.717, 1.165) is 19.5 Å². The largest absolute Gasteiger partial charge is 0.396 e. The van der Waals surface area contributed by atoms with E-state index < -0.39 is 0 Å². The molecule has 0 aliphatic rings. The fourth-order valence-corrected chi connectivity index (χ4v) is 2.18. The Morgan fingerprint density at radius 3 is 2.63 bits per heavy atom. The molecule has 0 aromatic carbocycles. The number of aromatic nitrogens is 2. The van der Waals surface area contributed by atoms with E-state index in [1.165, 1.54) is 18.4 Å². The van der Waals surface area contributed by atoms with E-state index in [9.17, 15) is 0 Å². The van der Waals surface area contributed by atoms with Crippen molar-refractivity contribution in [3.63, 3.8) is 0 Å². The number of hydrogen-bond donors (Lipinski definition) is 2. The van der Waals surface area contributed by atoms with Crippen LogP contribution in [0.4, 0.5) is 0 Å². The van der Waals surface area contributed by atoms with E-state index in [0.29, 0.717) is 5.92 Å². The zero-order valence-electron chi connectivity index (χ0n) is 12.8. The van der Waals surface area contributed by atoms with Crippen molar-refractivity contribution in [3.05, 3.63) is 18.0 Å². The van der Waals surface area contributed by atoms with E-state index in [-0.39, 0.29) is 12.1 Å². The van der Waals surface area contributed by atoms with Crippen LogP contribution in [0.15, 0.2) is 12.4 Å². The maximum atomic E-state index is 9.03. The molecule has 1 heterocycles. The molecule has 0 bridgehead atoms. The van der Waals surface area contributed by atoms with Gasteiger partial charge in [0.25, 0.3) is 0 Å². The molecule has 4 heteroatoms. The molecule has 1 aromatic rings. The molecule has 110 valence electrons. The monoisotopic (exact) mass is 267 g/mol. The molecule has 0 radical (unpaired) electrons. The van der Waals surface area contributed by atoms with E-state index in [2.05, 4.69) is 44.3 Å². The van der Waals surface area contributed by atoms with Gasteiger partial charge < -0.3 is 10.4 Å². The Kier molecular flexibility index (Phi) is 6.52. The van der Waals surface area contributed by atoms with Crippen LogP contribution in [0.25, 0.3) is 0 Å². The highest BCUT2D eigenvalue weighted by Gasteiger charge is 2.14. The third-order valence-electron chi connectivity index (χ3n) is 3.32. The van der Waals surface area contributed by atoms with Crippen LogP contribution in [0.3, 0.4) is 0 Å². The van der Waals surface area contributed by atoms with Gasteiger partial charge in [0, 0.05) is 24.9 Å². The first-order valence-electron chi connectivity index (χ1n) is 7.33. The molecule has 0 amide bonds. The second-order valence-electron chi connectivity index (χ2n) is 6.26. The summed E-state index contributed by atoms with van der Waals surface area (Å²) in [7, 11) is 0. The molecule has 0 fully saturated rings. The first kappa shape index (κ1) is 16.2. The first-order valence-corrected chi connectivity index (χ1v) is 7.33. The van der Waals surface area contributed by atoms with Gasteiger partial charge in [0.15, 0.2) is 0 Å². The standard InChI is InChI=1S/C15H29N3O/c1-5-6-13(7-8-19)9-16-10-14-11-17-18(12-14)15(2,3)4/h11-13,16,19H,5-10H2,1-4H3. The topological polar surface area (TPSA) is 50.1 Å². The molecule has 0 saturated carbocycles. The van der Waals surface area contributed by atoms with Gasteiger partial charge in [0.2, 0.25) is 0 Å². The molecule has 0 spiro atoms. The van der Waals surface area contributed by atoms with Crippen LogP contribution in [0.1, 0.15) is 52.5 Å². The Hall–Kier alpha value is -0.870. The molecular weight excluding hydrogens is 238 g/mol. The van der Waals surface area contributed by atoms with Crippen molar-refractivity contribution in [2.24, 2.45) is 5.92 Å². The summed E-state index contributed by atoms with van der Waals surface area (Å²) < 4.78 is 2.00. The second-order valence-corrected chi connectivity index (χ2v) is 6.26. The average molecular weight is 267 g/mol. The molecule has 0 aliphatic carbocycles. The van der Waals surface area contributed by atoms with Gasteiger partial charge in [0.1, 0.15) is 0 Å². The number of nitrogens with one attached hydrogen (secondary N) is 1. The minimum Gasteiger partial charge on any atom is -0.396 e. The Morgan fingerprint density at radius 2 is 2.11 bits per heavy atom. The van der Waals surface area contributed by atoms with Crippen molar-refractivity contribution in [1.29, 1.82) is 0 Å². The molecule has 1 aromatic heterocycles. The van der Waals surface area contributed by atoms with Crippen LogP contribution >= 0.6 is 0 Å². The van der Waals surface area contributed by atoms with Crippen LogP contribution in [-0.4, -0.2) is 28.0 Å². The van der Waals surface area contributed by atoms with Crippen molar-refractivity contribution in [2.75, 3.05) is 13.2 Å². The zero-order chi connectivity index (χ0) is 14.3. The van der Waals surface area contributed by atoms with E-state index in [1.54, 1.807) is 0 Å². The summed E-state index contributed by atoms with van der Waals surface area (Å²) in [6.07, 6.45) is 7.28. The van der Waals surface area contributed by atoms with E-state index in [1.807, 2.05) is 10.9 Å². The normalized spacial score (nSPS) is 13.7. The smallest absolute Gasteiger partial charge is 0.0543 e. The molecule has 2 N–H and O–H groups in total. The fraction of sp³-hybridized carbons (Fsp3) is 0.800. The molecule has 0 aliphatic heterocycles. The summed E-state index contributed by atoms with van der Waals surface area (Å²) in [5.41, 5.74) is 1.26. The third kappa shape index (κ3) is 5.74. The zero-order valence-corrected chi connectivity index (χ0v) is 12.8. The van der Waals surface area contributed by atoms with Gasteiger partial charge in [-0.3, -0.25) is 4.68 Å². The lowest BCUT2D eigenvalue weighted by atomic mass is 10.0. The minimum atomic E-state index is 0.0416. The van der Waals surface area contributed by atoms with Gasteiger partial charge in [-0.25, -0.2) is 0 Å². The van der Waals surface area contributed by atoms with Crippen molar-refractivity contribution >= 4 is 0 Å². The van der Waals surface area contributed by atoms with Crippen molar-refractivity contribution in [1.82, 2.24) is 15.1 Å². The first-order chi connectivity index (χ1) is 8.97. The number of aliphatic hydroxyl groups excluding tert-OH is 1. The lowest BCUT2D eigenvalue weighted by molar-refractivity contribution is 0.248. The molecule has 0 saturated heterocycles. The number of aliphatic hydroxyl groups is 1. The maximum Gasteiger partial charge on any atom is 0.0543 e. The van der Waals surface area contributed by atoms with Crippen molar-refractivity contribution < 1.29 is 5.11 Å². The molecule has 19 heavy (non-hydrogen) atoms. The molecule has 1 unspecified atom stereocenters. The summed E-state index contributed by atoms with van der Waals surface area (Å²) >= 11 is 0. The van der Waals surface area contributed by atoms with Crippen LogP contribution in [-0.2, 0) is 12.1 Å². The lowest BCUT2D eigenvalue weighted by Crippen LogP contribution is -2.24. The van der Waals surface area contributed by atoms with Gasteiger partial charge in [0.05, 0.1) is 11.7 Å². The predicted molar refractivity (Wildman–Crippen MR) is 79.0 cm³/mol. The Morgan fingerprint density at radius 1 is 1.37 bits per heavy atom. The van der Waals surface area contributed by atoms with Crippen molar-refractivity contribution in [2.45, 2.75) is 59.0 Å². The summed E-state index contributed by atoms with van der Waals surface area (Å²) in [4.78, 5) is 0. The number of hydrogen-bond acceptors (Lipinski definition) is 3. The Labute approximate surface area is 117 Å². The van der Waals surface area contributed by atoms with Crippen LogP contribution in [0.5, 0.6) is 0 Å². The second kappa shape index (κ2) is 7.65. The molecule has 1 atom stereocenters. The van der Waals surface area contributed by atoms with Gasteiger partial charge in [-0.1, -0.05) is 13.3 Å². The third-order valence-corrected chi connectivity index (χ3v) is 3.32. The van der Waals surface area contributed by atoms with Crippen LogP contribution < -0.4 is 5.32 Å². The summed E-state index contributed by atoms with van der Waals surface area (Å²) in [6, 6.07) is 0. The number of nitrogens with zero attached hydrogens (tertiary/aromatic N) is 2. The van der Waals surface area contributed by atoms with E-state index in [4.69, 9.17) is 5.11 Å². The van der Waals surface area contributed by atoms with Gasteiger partial charge in [-0.05, 0) is 46.1 Å². The fourth-order valence-electron chi connectivity index (χ4n) is 2.18. The highest BCUT2D eigenvalue weighted by molar-refractivity contribution is 5.04. The van der Waals surface area contributed by atoms with E-state index >= 15 is 0 Å². The van der Waals surface area contributed by atoms with Gasteiger partial charge in [-0.2, -0.15) is 5.10 Å². The van der Waals surface area contributed by atoms with Crippen LogP contribution in [0, 0.1) is 5.92 Å². The van der Waals surface area contributed by atoms with Crippen molar-refractivity contribution in [3.8, 4) is 0 Å². The van der Waals surface area contributed by atoms with Crippen LogP contribution in [0.2, 0.25) is 0 Å². The quantitative estimate of drug-likeness (QED) is 0.761. The van der Waals surface area contributed by atoms with Gasteiger partial charge >= 0.3 is 0 Å². The maximum absolute atomic E-state index is 9.03. The highest BCUT2D eigenvalue weighted by Crippen LogP contribution is 2.13. The van der Waals surface area contributed by atoms with Gasteiger partial charge in [-0.15, -0.1) is 0 Å². The summed E-state index contributed by atoms with van der Waals surface area (Å²) in [6.45, 7) is 10.7. The minimum absolute atomic E-state index is 0.0416. The molecule has 4 nitrogen and oxygen atoms in total. The number of rotatable bonds is 8. The molecular formula is C15H29N3O. The highest BCUT2D eigenvalue weighted by atomic mass is 16.3. The lowest BCUT2D eigenvalue weighted by Gasteiger charge is -2.18. The SMILES string of the molecule is CCCC(CCO)CNCc1cnn(C(C)(C)C)c1. The molecule has 1 rings (SSSR count).